The first kappa shape index (κ1) is 17.3. The van der Waals surface area contributed by atoms with Crippen molar-refractivity contribution in [2.75, 3.05) is 0 Å². The summed E-state index contributed by atoms with van der Waals surface area (Å²) < 4.78 is 0. The van der Waals surface area contributed by atoms with Crippen molar-refractivity contribution in [1.29, 1.82) is 0 Å². The van der Waals surface area contributed by atoms with Crippen LogP contribution in [0.5, 0.6) is 0 Å². The van der Waals surface area contributed by atoms with E-state index in [-0.39, 0.29) is 5.91 Å². The Labute approximate surface area is 158 Å². The third-order valence-electron chi connectivity index (χ3n) is 5.38. The van der Waals surface area contributed by atoms with Gasteiger partial charge in [-0.3, -0.25) is 9.59 Å². The molecule has 5 heteroatoms. The number of aryl methyl sites for hydroxylation is 1. The van der Waals surface area contributed by atoms with Crippen molar-refractivity contribution in [3.8, 4) is 0 Å². The first-order chi connectivity index (χ1) is 12.5. The number of fused-ring (bicyclic) bond motifs is 1. The number of benzene rings is 1. The number of hydrogen-bond donors (Lipinski definition) is 1. The molecule has 2 aliphatic carbocycles. The summed E-state index contributed by atoms with van der Waals surface area (Å²) in [7, 11) is 0. The molecule has 0 aliphatic heterocycles. The molecular formula is C21H24N2O2S. The average Bonchev–Trinajstić information content (AvgIpc) is 3.38. The minimum atomic E-state index is -0.426. The van der Waals surface area contributed by atoms with E-state index in [1.807, 2.05) is 17.0 Å². The van der Waals surface area contributed by atoms with Crippen LogP contribution in [0.3, 0.4) is 0 Å². The molecule has 1 fully saturated rings. The van der Waals surface area contributed by atoms with Crippen LogP contribution in [0, 0.1) is 5.92 Å². The minimum absolute atomic E-state index is 0.151. The summed E-state index contributed by atoms with van der Waals surface area (Å²) in [6, 6.07) is 9.73. The van der Waals surface area contributed by atoms with Gasteiger partial charge >= 0.3 is 0 Å². The van der Waals surface area contributed by atoms with Crippen LogP contribution in [-0.2, 0) is 19.4 Å². The van der Waals surface area contributed by atoms with Gasteiger partial charge in [-0.2, -0.15) is 0 Å². The Kier molecular flexibility index (Phi) is 4.57. The van der Waals surface area contributed by atoms with Gasteiger partial charge in [0.25, 0.3) is 5.91 Å². The standard InChI is InChI=1S/C21H24N2O2S/c1-13-2-9-18-16(10-13)11-19(26-18)21(25)23(17-7-8-17)12-14-3-5-15(6-4-14)20(22)24/h3-6,11,13,17H,2,7-10,12H2,1H3,(H2,22,24). The second-order valence-electron chi connectivity index (χ2n) is 7.63. The van der Waals surface area contributed by atoms with Gasteiger partial charge in [0.15, 0.2) is 0 Å². The number of hydrogen-bond acceptors (Lipinski definition) is 3. The van der Waals surface area contributed by atoms with Gasteiger partial charge < -0.3 is 10.6 Å². The molecule has 2 aliphatic rings. The fourth-order valence-electron chi connectivity index (χ4n) is 3.68. The molecule has 0 bridgehead atoms. The molecule has 4 nitrogen and oxygen atoms in total. The van der Waals surface area contributed by atoms with E-state index in [1.165, 1.54) is 16.9 Å². The maximum absolute atomic E-state index is 13.2. The molecule has 0 spiro atoms. The third kappa shape index (κ3) is 3.54. The molecule has 1 unspecified atom stereocenters. The zero-order valence-corrected chi connectivity index (χ0v) is 15.8. The van der Waals surface area contributed by atoms with Gasteiger partial charge in [-0.15, -0.1) is 11.3 Å². The van der Waals surface area contributed by atoms with Crippen molar-refractivity contribution in [3.05, 3.63) is 56.8 Å². The molecule has 1 aromatic carbocycles. The molecular weight excluding hydrogens is 344 g/mol. The van der Waals surface area contributed by atoms with Gasteiger partial charge in [-0.05, 0) is 67.3 Å². The number of carbonyl (C=O) groups excluding carboxylic acids is 2. The highest BCUT2D eigenvalue weighted by Gasteiger charge is 2.34. The summed E-state index contributed by atoms with van der Waals surface area (Å²) in [6.07, 6.45) is 5.57. The monoisotopic (exact) mass is 368 g/mol. The smallest absolute Gasteiger partial charge is 0.264 e. The quantitative estimate of drug-likeness (QED) is 0.873. The number of nitrogens with two attached hydrogens (primary N) is 1. The lowest BCUT2D eigenvalue weighted by molar-refractivity contribution is 0.0734. The Bertz CT molecular complexity index is 836. The summed E-state index contributed by atoms with van der Waals surface area (Å²) in [5.41, 5.74) is 8.21. The zero-order valence-electron chi connectivity index (χ0n) is 15.0. The number of amides is 2. The zero-order chi connectivity index (χ0) is 18.3. The Morgan fingerprint density at radius 2 is 1.92 bits per heavy atom. The summed E-state index contributed by atoms with van der Waals surface area (Å²) in [5, 5.41) is 0. The molecule has 1 heterocycles. The predicted octanol–water partition coefficient (Wildman–Crippen LogP) is 3.78. The van der Waals surface area contributed by atoms with Crippen molar-refractivity contribution >= 4 is 23.2 Å². The second kappa shape index (κ2) is 6.88. The highest BCUT2D eigenvalue weighted by Crippen LogP contribution is 2.35. The van der Waals surface area contributed by atoms with Gasteiger partial charge in [0.1, 0.15) is 0 Å². The van der Waals surface area contributed by atoms with Crippen molar-refractivity contribution in [2.24, 2.45) is 11.7 Å². The largest absolute Gasteiger partial charge is 0.366 e. The van der Waals surface area contributed by atoms with Crippen molar-refractivity contribution in [1.82, 2.24) is 4.90 Å². The number of nitrogens with zero attached hydrogens (tertiary/aromatic N) is 1. The van der Waals surface area contributed by atoms with Crippen LogP contribution in [-0.4, -0.2) is 22.8 Å². The SMILES string of the molecule is CC1CCc2sc(C(=O)N(Cc3ccc(C(N)=O)cc3)C3CC3)cc2C1. The van der Waals surface area contributed by atoms with E-state index in [2.05, 4.69) is 13.0 Å². The molecule has 2 aromatic rings. The summed E-state index contributed by atoms with van der Waals surface area (Å²) in [5.74, 6) is 0.437. The first-order valence-electron chi connectivity index (χ1n) is 9.32. The van der Waals surface area contributed by atoms with Crippen molar-refractivity contribution < 1.29 is 9.59 Å². The van der Waals surface area contributed by atoms with Crippen LogP contribution in [0.1, 0.15) is 62.2 Å². The van der Waals surface area contributed by atoms with Gasteiger partial charge in [-0.1, -0.05) is 19.1 Å². The maximum atomic E-state index is 13.2. The van der Waals surface area contributed by atoms with E-state index in [1.54, 1.807) is 23.5 Å². The van der Waals surface area contributed by atoms with Gasteiger partial charge in [0, 0.05) is 23.0 Å². The fourth-order valence-corrected chi connectivity index (χ4v) is 4.84. The first-order valence-corrected chi connectivity index (χ1v) is 10.1. The summed E-state index contributed by atoms with van der Waals surface area (Å²) >= 11 is 1.68. The third-order valence-corrected chi connectivity index (χ3v) is 6.60. The Balaban J connectivity index is 1.53. The molecule has 2 N–H and O–H groups in total. The average molecular weight is 369 g/mol. The van der Waals surface area contributed by atoms with Crippen LogP contribution in [0.15, 0.2) is 30.3 Å². The fraction of sp³-hybridized carbons (Fsp3) is 0.429. The predicted molar refractivity (Wildman–Crippen MR) is 103 cm³/mol. The lowest BCUT2D eigenvalue weighted by Gasteiger charge is -2.22. The molecule has 0 radical (unpaired) electrons. The summed E-state index contributed by atoms with van der Waals surface area (Å²) in [6.45, 7) is 2.87. The second-order valence-corrected chi connectivity index (χ2v) is 8.77. The van der Waals surface area contributed by atoms with E-state index in [0.29, 0.717) is 24.1 Å². The Morgan fingerprint density at radius 1 is 1.19 bits per heavy atom. The lowest BCUT2D eigenvalue weighted by atomic mass is 9.90. The summed E-state index contributed by atoms with van der Waals surface area (Å²) in [4.78, 5) is 28.7. The molecule has 0 saturated heterocycles. The topological polar surface area (TPSA) is 63.4 Å². The van der Waals surface area contributed by atoms with Crippen LogP contribution in [0.25, 0.3) is 0 Å². The Morgan fingerprint density at radius 3 is 2.58 bits per heavy atom. The minimum Gasteiger partial charge on any atom is -0.366 e. The highest BCUT2D eigenvalue weighted by atomic mass is 32.1. The van der Waals surface area contributed by atoms with Gasteiger partial charge in [0.05, 0.1) is 4.88 Å². The van der Waals surface area contributed by atoms with Crippen LogP contribution in [0.2, 0.25) is 0 Å². The van der Waals surface area contributed by atoms with Crippen LogP contribution < -0.4 is 5.73 Å². The van der Waals surface area contributed by atoms with Crippen molar-refractivity contribution in [3.63, 3.8) is 0 Å². The van der Waals surface area contributed by atoms with Crippen molar-refractivity contribution in [2.45, 2.75) is 51.6 Å². The molecule has 26 heavy (non-hydrogen) atoms. The number of primary amides is 1. The van der Waals surface area contributed by atoms with Gasteiger partial charge in [-0.25, -0.2) is 0 Å². The van der Waals surface area contributed by atoms with E-state index in [4.69, 9.17) is 5.73 Å². The number of rotatable bonds is 5. The normalized spacial score (nSPS) is 19.0. The van der Waals surface area contributed by atoms with E-state index < -0.39 is 5.91 Å². The number of carbonyl (C=O) groups is 2. The molecule has 4 rings (SSSR count). The van der Waals surface area contributed by atoms with E-state index >= 15 is 0 Å². The molecule has 136 valence electrons. The maximum Gasteiger partial charge on any atom is 0.264 e. The number of thiophene rings is 1. The molecule has 2 amide bonds. The lowest BCUT2D eigenvalue weighted by Crippen LogP contribution is -2.32. The van der Waals surface area contributed by atoms with Gasteiger partial charge in [0.2, 0.25) is 5.91 Å². The van der Waals surface area contributed by atoms with Crippen LogP contribution in [0.4, 0.5) is 0 Å². The highest BCUT2D eigenvalue weighted by molar-refractivity contribution is 7.14. The van der Waals surface area contributed by atoms with Crippen LogP contribution >= 0.6 is 11.3 Å². The van der Waals surface area contributed by atoms with E-state index in [9.17, 15) is 9.59 Å². The Hall–Kier alpha value is -2.14. The molecule has 1 aromatic heterocycles. The molecule has 1 atom stereocenters. The molecule has 1 saturated carbocycles. The van der Waals surface area contributed by atoms with E-state index in [0.717, 1.165) is 36.1 Å².